The number of carbonyl (C=O) groups excluding carboxylic acids is 1. The Labute approximate surface area is 181 Å². The Bertz CT molecular complexity index is 1140. The maximum absolute atomic E-state index is 12.8. The number of alkyl halides is 3. The first-order valence-electron chi connectivity index (χ1n) is 8.42. The molecule has 1 amide bonds. The highest BCUT2D eigenvalue weighted by molar-refractivity contribution is 9.10. The lowest BCUT2D eigenvalue weighted by atomic mass is 10.2. The minimum Gasteiger partial charge on any atom is -0.443 e. The monoisotopic (exact) mass is 503 g/mol. The van der Waals surface area contributed by atoms with Crippen molar-refractivity contribution in [2.45, 2.75) is 12.8 Å². The number of hydrogen-bond donors (Lipinski definition) is 1. The van der Waals surface area contributed by atoms with Gasteiger partial charge in [0, 0.05) is 12.7 Å². The first kappa shape index (κ1) is 22.0. The number of aromatic nitrogens is 2. The summed E-state index contributed by atoms with van der Waals surface area (Å²) in [6, 6.07) is 11.7. The SMILES string of the molecule is Cn1c(COC(=O)Nc2ccc(C(F)(F)F)c(Cl)c2)c(Br)c(=O)n1-c1ccccc1. The lowest BCUT2D eigenvalue weighted by Crippen LogP contribution is -2.20. The van der Waals surface area contributed by atoms with Crippen LogP contribution in [0.5, 0.6) is 0 Å². The molecule has 3 aromatic rings. The van der Waals surface area contributed by atoms with Crippen LogP contribution in [0.25, 0.3) is 5.69 Å². The van der Waals surface area contributed by atoms with Crippen molar-refractivity contribution in [2.75, 3.05) is 5.32 Å². The van der Waals surface area contributed by atoms with E-state index < -0.39 is 22.9 Å². The summed E-state index contributed by atoms with van der Waals surface area (Å²) in [7, 11) is 1.63. The van der Waals surface area contributed by atoms with E-state index in [1.165, 1.54) is 9.36 Å². The fraction of sp³-hybridized carbons (Fsp3) is 0.158. The predicted molar refractivity (Wildman–Crippen MR) is 109 cm³/mol. The van der Waals surface area contributed by atoms with Gasteiger partial charge in [0.05, 0.1) is 22.0 Å². The van der Waals surface area contributed by atoms with Gasteiger partial charge in [0.1, 0.15) is 11.1 Å². The van der Waals surface area contributed by atoms with Crippen molar-refractivity contribution in [3.63, 3.8) is 0 Å². The van der Waals surface area contributed by atoms with Crippen molar-refractivity contribution in [3.8, 4) is 5.69 Å². The molecule has 0 bridgehead atoms. The van der Waals surface area contributed by atoms with Crippen LogP contribution in [0, 0.1) is 0 Å². The molecule has 6 nitrogen and oxygen atoms in total. The molecule has 158 valence electrons. The molecular formula is C19H14BrClF3N3O3. The lowest BCUT2D eigenvalue weighted by molar-refractivity contribution is -0.137. The molecule has 0 unspecified atom stereocenters. The topological polar surface area (TPSA) is 65.3 Å². The molecule has 11 heteroatoms. The van der Waals surface area contributed by atoms with E-state index >= 15 is 0 Å². The number of para-hydroxylation sites is 1. The van der Waals surface area contributed by atoms with Crippen LogP contribution in [-0.2, 0) is 24.6 Å². The Morgan fingerprint density at radius 2 is 1.87 bits per heavy atom. The highest BCUT2D eigenvalue weighted by Crippen LogP contribution is 2.35. The van der Waals surface area contributed by atoms with Crippen LogP contribution in [0.1, 0.15) is 11.3 Å². The third kappa shape index (κ3) is 4.54. The molecule has 0 fully saturated rings. The number of benzene rings is 2. The van der Waals surface area contributed by atoms with E-state index in [9.17, 15) is 22.8 Å². The van der Waals surface area contributed by atoms with Crippen LogP contribution in [0.4, 0.5) is 23.7 Å². The van der Waals surface area contributed by atoms with Crippen LogP contribution in [0.3, 0.4) is 0 Å². The zero-order valence-corrected chi connectivity index (χ0v) is 17.7. The van der Waals surface area contributed by atoms with Gasteiger partial charge in [-0.2, -0.15) is 13.2 Å². The molecule has 1 N–H and O–H groups in total. The van der Waals surface area contributed by atoms with E-state index in [2.05, 4.69) is 21.2 Å². The van der Waals surface area contributed by atoms with Gasteiger partial charge in [0.25, 0.3) is 5.56 Å². The first-order valence-corrected chi connectivity index (χ1v) is 9.59. The second-order valence-corrected chi connectivity index (χ2v) is 7.33. The second-order valence-electron chi connectivity index (χ2n) is 6.13. The summed E-state index contributed by atoms with van der Waals surface area (Å²) in [4.78, 5) is 24.6. The third-order valence-electron chi connectivity index (χ3n) is 4.19. The molecule has 0 aliphatic carbocycles. The van der Waals surface area contributed by atoms with Crippen molar-refractivity contribution in [1.29, 1.82) is 0 Å². The maximum Gasteiger partial charge on any atom is 0.417 e. The van der Waals surface area contributed by atoms with Crippen molar-refractivity contribution in [2.24, 2.45) is 7.05 Å². The molecule has 0 radical (unpaired) electrons. The molecule has 0 saturated carbocycles. The van der Waals surface area contributed by atoms with E-state index in [0.29, 0.717) is 11.4 Å². The van der Waals surface area contributed by atoms with Crippen LogP contribution < -0.4 is 10.9 Å². The van der Waals surface area contributed by atoms with Crippen LogP contribution in [0.15, 0.2) is 57.8 Å². The Balaban J connectivity index is 1.73. The number of ether oxygens (including phenoxy) is 1. The summed E-state index contributed by atoms with van der Waals surface area (Å²) >= 11 is 8.84. The number of hydrogen-bond acceptors (Lipinski definition) is 3. The molecule has 0 aliphatic rings. The molecule has 0 aliphatic heterocycles. The Morgan fingerprint density at radius 1 is 1.20 bits per heavy atom. The molecule has 2 aromatic carbocycles. The van der Waals surface area contributed by atoms with Gasteiger partial charge in [0.15, 0.2) is 0 Å². The van der Waals surface area contributed by atoms with Crippen molar-refractivity contribution in [1.82, 2.24) is 9.36 Å². The molecule has 0 atom stereocenters. The van der Waals surface area contributed by atoms with Crippen LogP contribution >= 0.6 is 27.5 Å². The van der Waals surface area contributed by atoms with Crippen LogP contribution in [-0.4, -0.2) is 15.5 Å². The zero-order chi connectivity index (χ0) is 22.1. The first-order chi connectivity index (χ1) is 14.1. The van der Waals surface area contributed by atoms with Gasteiger partial charge in [-0.25, -0.2) is 9.48 Å². The quantitative estimate of drug-likeness (QED) is 0.520. The summed E-state index contributed by atoms with van der Waals surface area (Å²) in [5, 5.41) is 1.75. The highest BCUT2D eigenvalue weighted by atomic mass is 79.9. The van der Waals surface area contributed by atoms with Crippen molar-refractivity contribution in [3.05, 3.63) is 79.6 Å². The minimum atomic E-state index is -4.60. The largest absolute Gasteiger partial charge is 0.443 e. The van der Waals surface area contributed by atoms with Gasteiger partial charge >= 0.3 is 12.3 Å². The zero-order valence-electron chi connectivity index (χ0n) is 15.3. The number of amides is 1. The Kier molecular flexibility index (Phi) is 6.27. The van der Waals surface area contributed by atoms with Gasteiger partial charge in [-0.15, -0.1) is 0 Å². The third-order valence-corrected chi connectivity index (χ3v) is 5.30. The van der Waals surface area contributed by atoms with Crippen LogP contribution in [0.2, 0.25) is 5.02 Å². The predicted octanol–water partition coefficient (Wildman–Crippen LogP) is 5.36. The van der Waals surface area contributed by atoms with Gasteiger partial charge < -0.3 is 4.74 Å². The average Bonchev–Trinajstić information content (AvgIpc) is 2.88. The molecule has 1 heterocycles. The van der Waals surface area contributed by atoms with E-state index in [1.807, 2.05) is 6.07 Å². The fourth-order valence-corrected chi connectivity index (χ4v) is 3.57. The molecule has 3 rings (SSSR count). The summed E-state index contributed by atoms with van der Waals surface area (Å²) in [6.07, 6.45) is -5.52. The van der Waals surface area contributed by atoms with Gasteiger partial charge in [-0.05, 0) is 46.3 Å². The number of halogens is 5. The summed E-state index contributed by atoms with van der Waals surface area (Å²) < 4.78 is 46.5. The van der Waals surface area contributed by atoms with Crippen molar-refractivity contribution >= 4 is 39.3 Å². The molecule has 30 heavy (non-hydrogen) atoms. The summed E-state index contributed by atoms with van der Waals surface area (Å²) in [5.74, 6) is 0. The number of rotatable bonds is 4. The number of carbonyl (C=O) groups is 1. The van der Waals surface area contributed by atoms with Crippen molar-refractivity contribution < 1.29 is 22.7 Å². The van der Waals surface area contributed by atoms with E-state index in [0.717, 1.165) is 18.2 Å². The maximum atomic E-state index is 12.8. The summed E-state index contributed by atoms with van der Waals surface area (Å²) in [6.45, 7) is -0.258. The molecule has 1 aromatic heterocycles. The summed E-state index contributed by atoms with van der Waals surface area (Å²) in [5.41, 5.74) is -0.292. The number of anilines is 1. The van der Waals surface area contributed by atoms with Gasteiger partial charge in [-0.1, -0.05) is 29.8 Å². The lowest BCUT2D eigenvalue weighted by Gasteiger charge is -2.12. The standard InChI is InChI=1S/C19H14BrClF3N3O3/c1-26-15(16(20)17(28)27(26)12-5-3-2-4-6-12)10-30-18(29)25-11-7-8-13(14(21)9-11)19(22,23)24/h2-9H,10H2,1H3,(H,25,29). The molecular weight excluding hydrogens is 491 g/mol. The molecule has 0 saturated heterocycles. The minimum absolute atomic E-state index is 0.0350. The highest BCUT2D eigenvalue weighted by Gasteiger charge is 2.33. The Morgan fingerprint density at radius 3 is 2.47 bits per heavy atom. The Hall–Kier alpha value is -2.72. The second kappa shape index (κ2) is 8.57. The van der Waals surface area contributed by atoms with Gasteiger partial charge in [0.2, 0.25) is 0 Å². The number of nitrogens with one attached hydrogen (secondary N) is 1. The van der Waals surface area contributed by atoms with Gasteiger partial charge in [-0.3, -0.25) is 14.8 Å². The fourth-order valence-electron chi connectivity index (χ4n) is 2.74. The smallest absolute Gasteiger partial charge is 0.417 e. The van der Waals surface area contributed by atoms with E-state index in [1.54, 1.807) is 31.3 Å². The number of nitrogens with zero attached hydrogens (tertiary/aromatic N) is 2. The van der Waals surface area contributed by atoms with E-state index in [4.69, 9.17) is 16.3 Å². The van der Waals surface area contributed by atoms with E-state index in [-0.39, 0.29) is 22.3 Å². The average molecular weight is 505 g/mol. The normalized spacial score (nSPS) is 11.4. The molecule has 0 spiro atoms.